The van der Waals surface area contributed by atoms with Crippen LogP contribution in [0.1, 0.15) is 11.1 Å². The third kappa shape index (κ3) is 2.68. The molecule has 2 aromatic heterocycles. The summed E-state index contributed by atoms with van der Waals surface area (Å²) in [6, 6.07) is 10.8. The Morgan fingerprint density at radius 1 is 0.667 bits per heavy atom. The van der Waals surface area contributed by atoms with E-state index in [0.29, 0.717) is 21.9 Å². The molecular weight excluding hydrogens is 516 g/mol. The predicted molar refractivity (Wildman–Crippen MR) is 121 cm³/mol. The molecule has 0 atom stereocenters. The molecule has 4 aromatic rings. The van der Waals surface area contributed by atoms with E-state index in [9.17, 15) is 19.8 Å². The lowest BCUT2D eigenvalue weighted by molar-refractivity contribution is -0.116. The largest absolute Gasteiger partial charge is 0.504 e. The minimum absolute atomic E-state index is 0.230. The van der Waals surface area contributed by atoms with Crippen LogP contribution in [0.5, 0.6) is 0 Å². The highest BCUT2D eigenvalue weighted by Crippen LogP contribution is 2.39. The molecule has 5 rings (SSSR count). The van der Waals surface area contributed by atoms with Gasteiger partial charge in [0.25, 0.3) is 0 Å². The minimum Gasteiger partial charge on any atom is -0.504 e. The zero-order valence-electron chi connectivity index (χ0n) is 15.1. The second-order valence-corrected chi connectivity index (χ2v) is 8.72. The topological polar surface area (TPSA) is 106 Å². The lowest BCUT2D eigenvalue weighted by atomic mass is 9.86. The standard InChI is InChI=1S/C22H12Br2N2O4/c23-9-1-3-15-11(5-9)13(7-25-15)17-19(27)21(29)18(22(30)20(17)28)14-8-26-16-4-2-10(24)6-12(14)16/h1-8,25-27,30H. The molecule has 148 valence electrons. The molecule has 0 saturated carbocycles. The number of nitrogens with one attached hydrogen (secondary N) is 2. The van der Waals surface area contributed by atoms with E-state index in [1.807, 2.05) is 12.1 Å². The fourth-order valence-corrected chi connectivity index (χ4v) is 4.50. The second-order valence-electron chi connectivity index (χ2n) is 6.89. The van der Waals surface area contributed by atoms with Crippen LogP contribution < -0.4 is 0 Å². The molecule has 0 fully saturated rings. The Morgan fingerprint density at radius 3 is 1.47 bits per heavy atom. The molecule has 0 saturated heterocycles. The van der Waals surface area contributed by atoms with Crippen molar-refractivity contribution in [3.63, 3.8) is 0 Å². The van der Waals surface area contributed by atoms with Gasteiger partial charge in [-0.2, -0.15) is 0 Å². The number of ketones is 2. The number of hydrogen-bond acceptors (Lipinski definition) is 4. The van der Waals surface area contributed by atoms with Gasteiger partial charge in [-0.25, -0.2) is 0 Å². The summed E-state index contributed by atoms with van der Waals surface area (Å²) in [4.78, 5) is 32.2. The summed E-state index contributed by atoms with van der Waals surface area (Å²) in [5.41, 5.74) is 1.68. The zero-order chi connectivity index (χ0) is 21.2. The van der Waals surface area contributed by atoms with Gasteiger partial charge in [-0.1, -0.05) is 31.9 Å². The first-order valence-corrected chi connectivity index (χ1v) is 10.5. The van der Waals surface area contributed by atoms with E-state index < -0.39 is 23.1 Å². The van der Waals surface area contributed by atoms with E-state index in [1.54, 1.807) is 24.3 Å². The van der Waals surface area contributed by atoms with Crippen LogP contribution in [-0.4, -0.2) is 31.7 Å². The quantitative estimate of drug-likeness (QED) is 0.256. The van der Waals surface area contributed by atoms with Crippen molar-refractivity contribution in [3.05, 3.63) is 80.4 Å². The number of aromatic nitrogens is 2. The van der Waals surface area contributed by atoms with Crippen molar-refractivity contribution in [3.8, 4) is 0 Å². The third-order valence-electron chi connectivity index (χ3n) is 5.18. The van der Waals surface area contributed by atoms with Gasteiger partial charge in [0.05, 0.1) is 11.1 Å². The van der Waals surface area contributed by atoms with Gasteiger partial charge in [0.1, 0.15) is 0 Å². The van der Waals surface area contributed by atoms with Gasteiger partial charge in [0.15, 0.2) is 11.5 Å². The molecule has 0 amide bonds. The average molecular weight is 528 g/mol. The second kappa shape index (κ2) is 6.72. The van der Waals surface area contributed by atoms with Gasteiger partial charge in [-0.15, -0.1) is 0 Å². The normalized spacial score (nSPS) is 15.1. The van der Waals surface area contributed by atoms with Crippen LogP contribution in [0, 0.1) is 0 Å². The van der Waals surface area contributed by atoms with E-state index in [-0.39, 0.29) is 11.1 Å². The third-order valence-corrected chi connectivity index (χ3v) is 6.17. The smallest absolute Gasteiger partial charge is 0.232 e. The van der Waals surface area contributed by atoms with Crippen molar-refractivity contribution in [1.82, 2.24) is 9.97 Å². The van der Waals surface area contributed by atoms with E-state index in [4.69, 9.17) is 0 Å². The molecule has 6 nitrogen and oxygen atoms in total. The maximum atomic E-state index is 13.1. The van der Waals surface area contributed by atoms with Gasteiger partial charge >= 0.3 is 0 Å². The molecule has 2 heterocycles. The highest BCUT2D eigenvalue weighted by Gasteiger charge is 2.38. The van der Waals surface area contributed by atoms with Crippen molar-refractivity contribution in [2.45, 2.75) is 0 Å². The molecule has 0 aliphatic heterocycles. The van der Waals surface area contributed by atoms with E-state index in [1.165, 1.54) is 12.4 Å². The summed E-state index contributed by atoms with van der Waals surface area (Å²) >= 11 is 6.77. The molecule has 0 spiro atoms. The number of hydrogen-bond donors (Lipinski definition) is 4. The summed E-state index contributed by atoms with van der Waals surface area (Å²) in [6.45, 7) is 0. The lowest BCUT2D eigenvalue weighted by Crippen LogP contribution is -2.22. The molecule has 4 N–H and O–H groups in total. The Balaban J connectivity index is 1.71. The van der Waals surface area contributed by atoms with Crippen LogP contribution in [0.3, 0.4) is 0 Å². The molecule has 8 heteroatoms. The number of carbonyl (C=O) groups is 2. The number of aliphatic hydroxyl groups excluding tert-OH is 2. The number of rotatable bonds is 2. The molecule has 0 unspecified atom stereocenters. The van der Waals surface area contributed by atoms with Crippen molar-refractivity contribution >= 4 is 76.4 Å². The molecule has 1 aliphatic rings. The SMILES string of the molecule is O=C1C(O)=C(c2c[nH]c3ccc(Br)cc23)C(=O)C(O)=C1c1c[nH]c2ccc(Br)cc12. The predicted octanol–water partition coefficient (Wildman–Crippen LogP) is 5.56. The van der Waals surface area contributed by atoms with Gasteiger partial charge in [0, 0.05) is 54.3 Å². The van der Waals surface area contributed by atoms with Crippen molar-refractivity contribution < 1.29 is 19.8 Å². The summed E-state index contributed by atoms with van der Waals surface area (Å²) in [5.74, 6) is -3.02. The van der Waals surface area contributed by atoms with Gasteiger partial charge in [0.2, 0.25) is 11.6 Å². The Kier molecular flexibility index (Phi) is 4.23. The fourth-order valence-electron chi connectivity index (χ4n) is 3.78. The van der Waals surface area contributed by atoms with Gasteiger partial charge in [-0.3, -0.25) is 9.59 Å². The van der Waals surface area contributed by atoms with Crippen LogP contribution >= 0.6 is 31.9 Å². The van der Waals surface area contributed by atoms with Crippen LogP contribution in [0.15, 0.2) is 69.3 Å². The Hall–Kier alpha value is -3.10. The average Bonchev–Trinajstić information content (AvgIpc) is 3.31. The number of carbonyl (C=O) groups excluding carboxylic acids is 2. The Bertz CT molecular complexity index is 1360. The zero-order valence-corrected chi connectivity index (χ0v) is 18.3. The van der Waals surface area contributed by atoms with E-state index in [2.05, 4.69) is 41.8 Å². The number of halogens is 2. The molecule has 0 bridgehead atoms. The number of H-pyrrole nitrogens is 2. The molecule has 1 aliphatic carbocycles. The van der Waals surface area contributed by atoms with Crippen molar-refractivity contribution in [1.29, 1.82) is 0 Å². The number of Topliss-reactive ketones (excluding diaryl/α,β-unsaturated/α-hetero) is 2. The first-order valence-electron chi connectivity index (χ1n) is 8.86. The van der Waals surface area contributed by atoms with Gasteiger partial charge in [-0.05, 0) is 36.4 Å². The number of fused-ring (bicyclic) bond motifs is 2. The summed E-state index contributed by atoms with van der Waals surface area (Å²) in [6.07, 6.45) is 3.07. The lowest BCUT2D eigenvalue weighted by Gasteiger charge is -2.17. The van der Waals surface area contributed by atoms with Crippen LogP contribution in [0.2, 0.25) is 0 Å². The van der Waals surface area contributed by atoms with E-state index >= 15 is 0 Å². The number of aliphatic hydroxyl groups is 2. The molecule has 30 heavy (non-hydrogen) atoms. The van der Waals surface area contributed by atoms with E-state index in [0.717, 1.165) is 20.0 Å². The maximum Gasteiger partial charge on any atom is 0.232 e. The summed E-state index contributed by atoms with van der Waals surface area (Å²) < 4.78 is 1.55. The number of allylic oxidation sites excluding steroid dienone is 2. The minimum atomic E-state index is -0.813. The fraction of sp³-hybridized carbons (Fsp3) is 0. The molecular formula is C22H12Br2N2O4. The van der Waals surface area contributed by atoms with Crippen molar-refractivity contribution in [2.24, 2.45) is 0 Å². The first kappa shape index (κ1) is 18.9. The molecule has 2 aromatic carbocycles. The first-order chi connectivity index (χ1) is 14.4. The maximum absolute atomic E-state index is 13.1. The Labute approximate surface area is 186 Å². The highest BCUT2D eigenvalue weighted by atomic mass is 79.9. The Morgan fingerprint density at radius 2 is 1.07 bits per heavy atom. The summed E-state index contributed by atoms with van der Waals surface area (Å²) in [5, 5.41) is 22.8. The monoisotopic (exact) mass is 526 g/mol. The number of benzene rings is 2. The van der Waals surface area contributed by atoms with Crippen LogP contribution in [0.4, 0.5) is 0 Å². The van der Waals surface area contributed by atoms with Crippen molar-refractivity contribution in [2.75, 3.05) is 0 Å². The summed E-state index contributed by atoms with van der Waals surface area (Å²) in [7, 11) is 0. The number of aromatic amines is 2. The molecule has 0 radical (unpaired) electrons. The van der Waals surface area contributed by atoms with Gasteiger partial charge < -0.3 is 20.2 Å². The van der Waals surface area contributed by atoms with Crippen LogP contribution in [-0.2, 0) is 9.59 Å². The highest BCUT2D eigenvalue weighted by molar-refractivity contribution is 9.10. The van der Waals surface area contributed by atoms with Crippen LogP contribution in [0.25, 0.3) is 33.0 Å².